The molecule has 1 atom stereocenters. The van der Waals surface area contributed by atoms with Crippen LogP contribution in [0.2, 0.25) is 0 Å². The van der Waals surface area contributed by atoms with E-state index < -0.39 is 18.0 Å². The zero-order chi connectivity index (χ0) is 9.44. The van der Waals surface area contributed by atoms with Gasteiger partial charge in [-0.25, -0.2) is 4.79 Å². The number of hydrogen-bond acceptors (Lipinski definition) is 4. The monoisotopic (exact) mass is 255 g/mol. The van der Waals surface area contributed by atoms with E-state index in [4.69, 9.17) is 10.2 Å². The number of aliphatic hydroxyl groups is 1. The summed E-state index contributed by atoms with van der Waals surface area (Å²) in [7, 11) is 0. The second kappa shape index (κ2) is 10.7. The first-order chi connectivity index (χ1) is 4.91. The number of carbonyl (C=O) groups is 2. The Kier molecular flexibility index (Phi) is 15.9. The minimum Gasteiger partial charge on any atom is -0.544 e. The molecule has 1 unspecified atom stereocenters. The molecule has 0 radical (unpaired) electrons. The van der Waals surface area contributed by atoms with E-state index in [0.29, 0.717) is 0 Å². The van der Waals surface area contributed by atoms with Crippen molar-refractivity contribution in [2.45, 2.75) is 13.0 Å². The van der Waals surface area contributed by atoms with Gasteiger partial charge in [-0.3, -0.25) is 0 Å². The normalized spacial score (nSPS) is 9.92. The first kappa shape index (κ1) is 17.7. The van der Waals surface area contributed by atoms with Crippen LogP contribution in [-0.2, 0) is 35.8 Å². The zero-order valence-corrected chi connectivity index (χ0v) is 9.07. The van der Waals surface area contributed by atoms with Gasteiger partial charge in [-0.2, -0.15) is 0 Å². The van der Waals surface area contributed by atoms with Crippen LogP contribution in [0.15, 0.2) is 0 Å². The second-order valence-corrected chi connectivity index (χ2v) is 1.64. The van der Waals surface area contributed by atoms with E-state index in [1.807, 2.05) is 0 Å². The minimum absolute atomic E-state index is 0. The van der Waals surface area contributed by atoms with E-state index in [1.165, 1.54) is 6.92 Å². The molecule has 0 fully saturated rings. The Bertz CT molecular complexity index is 138. The molecule has 12 heavy (non-hydrogen) atoms. The van der Waals surface area contributed by atoms with Crippen LogP contribution in [0.3, 0.4) is 0 Å². The van der Waals surface area contributed by atoms with Gasteiger partial charge in [0.2, 0.25) is 0 Å². The molecule has 70 valence electrons. The van der Waals surface area contributed by atoms with Crippen LogP contribution in [0.25, 0.3) is 0 Å². The molecule has 0 bridgehead atoms. The van der Waals surface area contributed by atoms with Gasteiger partial charge in [0.05, 0.1) is 5.97 Å². The molecule has 5 N–H and O–H groups in total. The average molecular weight is 256 g/mol. The van der Waals surface area contributed by atoms with Crippen LogP contribution in [0.4, 0.5) is 0 Å². The predicted octanol–water partition coefficient (Wildman–Crippen LogP) is -3.57. The van der Waals surface area contributed by atoms with E-state index in [-0.39, 0.29) is 32.7 Å². The average Bonchev–Trinajstić information content (AvgIpc) is 1.89. The van der Waals surface area contributed by atoms with E-state index in [1.54, 1.807) is 0 Å². The van der Waals surface area contributed by atoms with Crippen molar-refractivity contribution in [2.75, 3.05) is 6.54 Å². The van der Waals surface area contributed by atoms with E-state index in [0.717, 1.165) is 0 Å². The summed E-state index contributed by atoms with van der Waals surface area (Å²) in [5.74, 6) is -2.29. The minimum atomic E-state index is -1.23. The van der Waals surface area contributed by atoms with Crippen molar-refractivity contribution in [2.24, 2.45) is 0 Å². The molecule has 0 spiro atoms. The number of hydrogen-bond donors (Lipinski definition) is 3. The number of aliphatic carboxylic acids is 2. The molecule has 0 aromatic heterocycles. The van der Waals surface area contributed by atoms with Crippen molar-refractivity contribution in [3.05, 3.63) is 0 Å². The van der Waals surface area contributed by atoms with Gasteiger partial charge in [0.1, 0.15) is 12.6 Å². The van der Waals surface area contributed by atoms with Gasteiger partial charge in [-0.1, -0.05) is 0 Å². The fraction of sp³-hybridized carbons (Fsp3) is 0.600. The Morgan fingerprint density at radius 2 is 1.75 bits per heavy atom. The summed E-state index contributed by atoms with van der Waals surface area (Å²) in [4.78, 5) is 18.6. The molecule has 0 rings (SSSR count). The van der Waals surface area contributed by atoms with Crippen molar-refractivity contribution in [1.29, 1.82) is 0 Å². The van der Waals surface area contributed by atoms with Crippen LogP contribution in [0, 0.1) is 0 Å². The molecule has 6 nitrogen and oxygen atoms in total. The third-order valence-electron chi connectivity index (χ3n) is 0.562. The fourth-order valence-corrected chi connectivity index (χ4v) is 0. The maximum Gasteiger partial charge on any atom is 0.332 e. The van der Waals surface area contributed by atoms with Crippen LogP contribution < -0.4 is 10.8 Å². The Balaban J connectivity index is -0.000000126. The summed E-state index contributed by atoms with van der Waals surface area (Å²) in [5, 5.41) is 25.0. The zero-order valence-electron chi connectivity index (χ0n) is 6.61. The van der Waals surface area contributed by atoms with Crippen LogP contribution in [0.5, 0.6) is 0 Å². The number of carboxylic acid groups (broad SMARTS) is 2. The molecule has 0 aliphatic heterocycles. The van der Waals surface area contributed by atoms with Crippen molar-refractivity contribution in [3.63, 3.8) is 0 Å². The second-order valence-electron chi connectivity index (χ2n) is 1.64. The van der Waals surface area contributed by atoms with Crippen LogP contribution >= 0.6 is 0 Å². The van der Waals surface area contributed by atoms with Gasteiger partial charge in [0, 0.05) is 26.2 Å². The third kappa shape index (κ3) is 22.6. The maximum absolute atomic E-state index is 9.45. The van der Waals surface area contributed by atoms with Crippen molar-refractivity contribution < 1.29 is 56.8 Å². The maximum atomic E-state index is 9.45. The molecule has 0 aliphatic rings. The van der Waals surface area contributed by atoms with Gasteiger partial charge in [0.25, 0.3) is 0 Å². The first-order valence-corrected chi connectivity index (χ1v) is 2.81. The first-order valence-electron chi connectivity index (χ1n) is 2.81. The topological polar surface area (TPSA) is 125 Å². The quantitative estimate of drug-likeness (QED) is 0.471. The van der Waals surface area contributed by atoms with Crippen LogP contribution in [0.1, 0.15) is 6.92 Å². The van der Waals surface area contributed by atoms with E-state index in [2.05, 4.69) is 5.73 Å². The molecular weight excluding hydrogens is 245 g/mol. The predicted molar refractivity (Wildman–Crippen MR) is 32.1 cm³/mol. The summed E-state index contributed by atoms with van der Waals surface area (Å²) in [6.07, 6.45) is -1.23. The standard InChI is InChI=1S/C3H6O3.C2H5NO2.Zr/c1-2(4)3(5)6;3-1-2(4)5;/h2,4H,1H3,(H,5,6);1,3H2,(H,4,5);. The Morgan fingerprint density at radius 3 is 1.75 bits per heavy atom. The third-order valence-corrected chi connectivity index (χ3v) is 0.562. The van der Waals surface area contributed by atoms with Gasteiger partial charge in [0.15, 0.2) is 0 Å². The van der Waals surface area contributed by atoms with E-state index in [9.17, 15) is 14.7 Å². The number of quaternary nitrogens is 1. The number of carboxylic acids is 2. The Hall–Kier alpha value is -0.257. The smallest absolute Gasteiger partial charge is 0.332 e. The van der Waals surface area contributed by atoms with Gasteiger partial charge < -0.3 is 25.8 Å². The van der Waals surface area contributed by atoms with E-state index >= 15 is 0 Å². The summed E-state index contributed by atoms with van der Waals surface area (Å²) in [6, 6.07) is 0. The molecule has 0 heterocycles. The summed E-state index contributed by atoms with van der Waals surface area (Å²) < 4.78 is 0. The molecule has 0 saturated carbocycles. The summed E-state index contributed by atoms with van der Waals surface area (Å²) in [6.45, 7) is 1.06. The SMILES string of the molecule is CC(O)C(=O)O.[NH3+]CC(=O)[O-].[Zr]. The van der Waals surface area contributed by atoms with Gasteiger partial charge in [-0.05, 0) is 6.92 Å². The molecule has 0 aliphatic carbocycles. The van der Waals surface area contributed by atoms with Gasteiger partial charge >= 0.3 is 5.97 Å². The number of aliphatic hydroxyl groups excluding tert-OH is 1. The molecule has 0 amide bonds. The van der Waals surface area contributed by atoms with Crippen molar-refractivity contribution >= 4 is 11.9 Å². The molecule has 7 heteroatoms. The number of rotatable bonds is 2. The molecule has 0 saturated heterocycles. The summed E-state index contributed by atoms with van der Waals surface area (Å²) >= 11 is 0. The van der Waals surface area contributed by atoms with Crippen molar-refractivity contribution in [3.8, 4) is 0 Å². The van der Waals surface area contributed by atoms with Gasteiger partial charge in [-0.15, -0.1) is 0 Å². The van der Waals surface area contributed by atoms with Crippen LogP contribution in [-0.4, -0.2) is 34.8 Å². The Morgan fingerprint density at radius 1 is 1.58 bits per heavy atom. The molecule has 0 aromatic carbocycles. The van der Waals surface area contributed by atoms with Crippen molar-refractivity contribution in [1.82, 2.24) is 0 Å². The number of carbonyl (C=O) groups excluding carboxylic acids is 1. The molecular formula is C5H11NO5Zr. The Labute approximate surface area is 88.5 Å². The fourth-order valence-electron chi connectivity index (χ4n) is 0. The largest absolute Gasteiger partial charge is 0.544 e. The molecule has 0 aromatic rings. The summed E-state index contributed by atoms with van der Waals surface area (Å²) in [5.41, 5.74) is 3.02.